The molecule has 0 atom stereocenters. The van der Waals surface area contributed by atoms with E-state index >= 15 is 0 Å². The third kappa shape index (κ3) is 7.21. The van der Waals surface area contributed by atoms with Gasteiger partial charge in [-0.2, -0.15) is 0 Å². The molecule has 1 rings (SSSR count). The summed E-state index contributed by atoms with van der Waals surface area (Å²) in [7, 11) is -1.63. The molecule has 0 amide bonds. The lowest BCUT2D eigenvalue weighted by molar-refractivity contribution is -0.145. The molecule has 142 valence electrons. The number of hydrogen-bond acceptors (Lipinski definition) is 7. The minimum absolute atomic E-state index is 0.0345. The van der Waals surface area contributed by atoms with Crippen molar-refractivity contribution in [3.63, 3.8) is 0 Å². The van der Waals surface area contributed by atoms with Crippen molar-refractivity contribution in [1.29, 1.82) is 0 Å². The smallest absolute Gasteiger partial charge is 0.344 e. The van der Waals surface area contributed by atoms with E-state index in [1.807, 2.05) is 13.8 Å². The number of ether oxygens (including phenoxy) is 2. The van der Waals surface area contributed by atoms with Crippen LogP contribution in [0.4, 0.5) is 0 Å². The number of hydrogen-bond donors (Lipinski definition) is 0. The van der Waals surface area contributed by atoms with Crippen LogP contribution in [-0.2, 0) is 28.4 Å². The number of carbonyl (C=O) groups is 1. The molecule has 0 aromatic heterocycles. The lowest BCUT2D eigenvalue weighted by atomic mass is 10.0. The summed E-state index contributed by atoms with van der Waals surface area (Å²) in [5.74, 6) is -0.822. The Morgan fingerprint density at radius 1 is 1.20 bits per heavy atom. The molecular weight excluding hydrogens is 392 g/mol. The van der Waals surface area contributed by atoms with E-state index in [1.165, 1.54) is 12.1 Å². The number of halogens is 1. The van der Waals surface area contributed by atoms with Crippen molar-refractivity contribution in [3.05, 3.63) is 23.3 Å². The van der Waals surface area contributed by atoms with Gasteiger partial charge in [0.2, 0.25) is 0 Å². The average Bonchev–Trinajstić information content (AvgIpc) is 2.41. The predicted molar refractivity (Wildman–Crippen MR) is 94.5 cm³/mol. The van der Waals surface area contributed by atoms with Gasteiger partial charge in [-0.15, -0.1) is 0 Å². The molecule has 10 heteroatoms. The fraction of sp³-hybridized carbons (Fsp3) is 0.533. The van der Waals surface area contributed by atoms with Gasteiger partial charge >= 0.3 is 5.97 Å². The second kappa shape index (κ2) is 8.37. The molecule has 7 nitrogen and oxygen atoms in total. The van der Waals surface area contributed by atoms with Crippen molar-refractivity contribution in [2.24, 2.45) is 0 Å². The topological polar surface area (TPSA) is 104 Å². The third-order valence-corrected chi connectivity index (χ3v) is 5.63. The maximum Gasteiger partial charge on any atom is 0.344 e. The van der Waals surface area contributed by atoms with Gasteiger partial charge in [-0.25, -0.2) is 21.6 Å². The monoisotopic (exact) mass is 412 g/mol. The van der Waals surface area contributed by atoms with Gasteiger partial charge in [-0.1, -0.05) is 13.8 Å². The molecule has 0 aliphatic carbocycles. The molecule has 0 bridgehead atoms. The molecule has 0 spiro atoms. The fourth-order valence-electron chi connectivity index (χ4n) is 2.10. The maximum atomic E-state index is 11.8. The van der Waals surface area contributed by atoms with Gasteiger partial charge in [-0.3, -0.25) is 0 Å². The zero-order chi connectivity index (χ0) is 19.4. The summed E-state index contributed by atoms with van der Waals surface area (Å²) in [5, 5.41) is 0. The van der Waals surface area contributed by atoms with E-state index in [1.54, 1.807) is 6.92 Å². The Kier molecular flexibility index (Phi) is 7.28. The van der Waals surface area contributed by atoms with Crippen LogP contribution in [0.5, 0.6) is 5.75 Å². The van der Waals surface area contributed by atoms with Crippen molar-refractivity contribution in [3.8, 4) is 5.75 Å². The van der Waals surface area contributed by atoms with Crippen molar-refractivity contribution in [1.82, 2.24) is 0 Å². The SMILES string of the molecule is Cc1cc(OCC(=O)OCCS(C)(=O)=O)cc(C(C)C)c1S(=O)(=O)Cl. The van der Waals surface area contributed by atoms with Crippen molar-refractivity contribution in [2.45, 2.75) is 31.6 Å². The van der Waals surface area contributed by atoms with Crippen molar-refractivity contribution in [2.75, 3.05) is 25.2 Å². The first kappa shape index (κ1) is 21.7. The molecule has 0 N–H and O–H groups in total. The molecule has 1 aromatic rings. The molecule has 0 saturated carbocycles. The largest absolute Gasteiger partial charge is 0.482 e. The van der Waals surface area contributed by atoms with Crippen LogP contribution in [0.3, 0.4) is 0 Å². The predicted octanol–water partition coefficient (Wildman–Crippen LogP) is 2.01. The van der Waals surface area contributed by atoms with Gasteiger partial charge in [0.25, 0.3) is 9.05 Å². The zero-order valence-electron chi connectivity index (χ0n) is 14.4. The maximum absolute atomic E-state index is 11.8. The molecule has 0 radical (unpaired) electrons. The Morgan fingerprint density at radius 2 is 1.80 bits per heavy atom. The summed E-state index contributed by atoms with van der Waals surface area (Å²) in [4.78, 5) is 11.6. The molecule has 25 heavy (non-hydrogen) atoms. The van der Waals surface area contributed by atoms with Crippen LogP contribution in [-0.4, -0.2) is 48.0 Å². The van der Waals surface area contributed by atoms with Crippen LogP contribution in [0.15, 0.2) is 17.0 Å². The second-order valence-corrected chi connectivity index (χ2v) is 10.7. The molecule has 0 unspecified atom stereocenters. The van der Waals surface area contributed by atoms with E-state index in [2.05, 4.69) is 0 Å². The zero-order valence-corrected chi connectivity index (χ0v) is 16.8. The Bertz CT molecular complexity index is 843. The standard InChI is InChI=1S/C15H21ClO7S2/c1-10(2)13-8-12(7-11(3)15(13)25(16,20)21)23-9-14(17)22-5-6-24(4,18)19/h7-8,10H,5-6,9H2,1-4H3. The van der Waals surface area contributed by atoms with E-state index in [0.717, 1.165) is 6.26 Å². The Balaban J connectivity index is 2.86. The van der Waals surface area contributed by atoms with Crippen LogP contribution < -0.4 is 4.74 Å². The van der Waals surface area contributed by atoms with Gasteiger partial charge in [0.15, 0.2) is 16.4 Å². The quantitative estimate of drug-likeness (QED) is 0.475. The first-order valence-corrected chi connectivity index (χ1v) is 11.7. The first-order valence-electron chi connectivity index (χ1n) is 7.36. The van der Waals surface area contributed by atoms with Crippen molar-refractivity contribution < 1.29 is 31.1 Å². The van der Waals surface area contributed by atoms with E-state index < -0.39 is 31.5 Å². The van der Waals surface area contributed by atoms with E-state index in [4.69, 9.17) is 20.2 Å². The number of carbonyl (C=O) groups excluding carboxylic acids is 1. The van der Waals surface area contributed by atoms with E-state index in [0.29, 0.717) is 16.9 Å². The molecule has 0 saturated heterocycles. The summed E-state index contributed by atoms with van der Waals surface area (Å²) < 4.78 is 55.5. The van der Waals surface area contributed by atoms with E-state index in [-0.39, 0.29) is 23.2 Å². The molecule has 0 aliphatic heterocycles. The van der Waals surface area contributed by atoms with Gasteiger partial charge < -0.3 is 9.47 Å². The van der Waals surface area contributed by atoms with Crippen LogP contribution in [0.25, 0.3) is 0 Å². The van der Waals surface area contributed by atoms with Crippen LogP contribution >= 0.6 is 10.7 Å². The second-order valence-electron chi connectivity index (χ2n) is 5.89. The fourth-order valence-corrected chi connectivity index (χ4v) is 4.14. The highest BCUT2D eigenvalue weighted by molar-refractivity contribution is 8.13. The highest BCUT2D eigenvalue weighted by Crippen LogP contribution is 2.33. The summed E-state index contributed by atoms with van der Waals surface area (Å²) in [6.45, 7) is 4.53. The molecular formula is C15H21ClO7S2. The third-order valence-electron chi connectivity index (χ3n) is 3.22. The molecule has 0 heterocycles. The number of rotatable bonds is 8. The lowest BCUT2D eigenvalue weighted by Crippen LogP contribution is -2.19. The summed E-state index contributed by atoms with van der Waals surface area (Å²) in [5.41, 5.74) is 0.886. The number of benzene rings is 1. The Hall–Kier alpha value is -1.32. The normalized spacial score (nSPS) is 12.2. The average molecular weight is 413 g/mol. The number of aryl methyl sites for hydroxylation is 1. The van der Waals surface area contributed by atoms with E-state index in [9.17, 15) is 21.6 Å². The first-order chi connectivity index (χ1) is 11.3. The van der Waals surface area contributed by atoms with Gasteiger partial charge in [0.05, 0.1) is 10.6 Å². The summed E-state index contributed by atoms with van der Waals surface area (Å²) in [6.07, 6.45) is 1.04. The Morgan fingerprint density at radius 3 is 2.28 bits per heavy atom. The van der Waals surface area contributed by atoms with Gasteiger partial charge in [0, 0.05) is 16.9 Å². The van der Waals surface area contributed by atoms with Crippen LogP contribution in [0.1, 0.15) is 30.9 Å². The van der Waals surface area contributed by atoms with Crippen LogP contribution in [0, 0.1) is 6.92 Å². The van der Waals surface area contributed by atoms with Crippen LogP contribution in [0.2, 0.25) is 0 Å². The summed E-state index contributed by atoms with van der Waals surface area (Å²) in [6, 6.07) is 2.97. The Labute approximate surface area is 152 Å². The van der Waals surface area contributed by atoms with Crippen molar-refractivity contribution >= 4 is 35.5 Å². The highest BCUT2D eigenvalue weighted by atomic mass is 35.7. The van der Waals surface area contributed by atoms with Gasteiger partial charge in [0.1, 0.15) is 12.4 Å². The highest BCUT2D eigenvalue weighted by Gasteiger charge is 2.22. The number of sulfone groups is 1. The van der Waals surface area contributed by atoms with Gasteiger partial charge in [-0.05, 0) is 36.1 Å². The summed E-state index contributed by atoms with van der Waals surface area (Å²) >= 11 is 0. The molecule has 1 aromatic carbocycles. The minimum atomic E-state index is -3.92. The minimum Gasteiger partial charge on any atom is -0.482 e. The molecule has 0 aliphatic rings. The number of esters is 1. The lowest BCUT2D eigenvalue weighted by Gasteiger charge is -2.16. The molecule has 0 fully saturated rings.